The molecule has 1 aliphatic carbocycles. The molecule has 5 nitrogen and oxygen atoms in total. The molecule has 0 spiro atoms. The van der Waals surface area contributed by atoms with Crippen molar-refractivity contribution >= 4 is 34.3 Å². The Bertz CT molecular complexity index is 1090. The van der Waals surface area contributed by atoms with Crippen molar-refractivity contribution in [1.82, 2.24) is 9.55 Å². The van der Waals surface area contributed by atoms with Crippen molar-refractivity contribution in [3.05, 3.63) is 64.4 Å². The molecule has 6 heteroatoms. The summed E-state index contributed by atoms with van der Waals surface area (Å²) < 4.78 is 1.79. The minimum absolute atomic E-state index is 0.00832. The summed E-state index contributed by atoms with van der Waals surface area (Å²) in [4.78, 5) is 30.7. The summed E-state index contributed by atoms with van der Waals surface area (Å²) in [6.45, 7) is 4.09. The van der Waals surface area contributed by atoms with Crippen LogP contribution in [0.25, 0.3) is 10.9 Å². The molecule has 29 heavy (non-hydrogen) atoms. The van der Waals surface area contributed by atoms with Gasteiger partial charge in [-0.15, -0.1) is 0 Å². The highest BCUT2D eigenvalue weighted by Gasteiger charge is 2.30. The quantitative estimate of drug-likeness (QED) is 0.451. The van der Waals surface area contributed by atoms with E-state index in [1.807, 2.05) is 55.5 Å². The molecule has 0 radical (unpaired) electrons. The number of benzene rings is 2. The van der Waals surface area contributed by atoms with Crippen molar-refractivity contribution in [2.75, 3.05) is 5.32 Å². The summed E-state index contributed by atoms with van der Waals surface area (Å²) in [5.41, 5.74) is 2.70. The Hall–Kier alpha value is -2.60. The molecule has 0 saturated heterocycles. The van der Waals surface area contributed by atoms with Gasteiger partial charge in [0.05, 0.1) is 16.2 Å². The second-order valence-electron chi connectivity index (χ2n) is 7.37. The van der Waals surface area contributed by atoms with Crippen molar-refractivity contribution in [3.63, 3.8) is 0 Å². The average molecular weight is 408 g/mol. The Kier molecular flexibility index (Phi) is 5.72. The summed E-state index contributed by atoms with van der Waals surface area (Å²) in [5, 5.41) is 3.96. The molecular formula is C23H25N3O2S. The van der Waals surface area contributed by atoms with Crippen molar-refractivity contribution in [3.8, 4) is 0 Å². The van der Waals surface area contributed by atoms with Crippen LogP contribution in [0.4, 0.5) is 5.69 Å². The summed E-state index contributed by atoms with van der Waals surface area (Å²) >= 11 is 1.39. The zero-order valence-corrected chi connectivity index (χ0v) is 17.5. The zero-order chi connectivity index (χ0) is 20.4. The average Bonchev–Trinajstić information content (AvgIpc) is 3.57. The molecule has 2 aromatic carbocycles. The summed E-state index contributed by atoms with van der Waals surface area (Å²) in [7, 11) is 0. The summed E-state index contributed by atoms with van der Waals surface area (Å²) in [6.07, 6.45) is 3.59. The number of hydrogen-bond donors (Lipinski definition) is 1. The SMILES string of the molecule is CCc1ccc(NC(=O)[C@H](CC)Sc2nc3ccccc3c(=O)n2C2CC2)cc1. The number of amides is 1. The van der Waals surface area contributed by atoms with Gasteiger partial charge in [-0.3, -0.25) is 14.2 Å². The number of carbonyl (C=O) groups excluding carboxylic acids is 1. The first-order valence-electron chi connectivity index (χ1n) is 10.2. The molecule has 0 bridgehead atoms. The third-order valence-corrected chi connectivity index (χ3v) is 6.56. The number of aromatic nitrogens is 2. The monoisotopic (exact) mass is 407 g/mol. The molecule has 1 amide bonds. The van der Waals surface area contributed by atoms with Gasteiger partial charge in [0.2, 0.25) is 5.91 Å². The molecule has 0 unspecified atom stereocenters. The maximum atomic E-state index is 13.0. The van der Waals surface area contributed by atoms with Gasteiger partial charge >= 0.3 is 0 Å². The van der Waals surface area contributed by atoms with Gasteiger partial charge in [-0.2, -0.15) is 0 Å². The van der Waals surface area contributed by atoms with E-state index < -0.39 is 0 Å². The fraction of sp³-hybridized carbons (Fsp3) is 0.348. The maximum Gasteiger partial charge on any atom is 0.262 e. The van der Waals surface area contributed by atoms with E-state index in [2.05, 4.69) is 12.2 Å². The fourth-order valence-electron chi connectivity index (χ4n) is 3.36. The maximum absolute atomic E-state index is 13.0. The number of anilines is 1. The number of carbonyl (C=O) groups is 1. The molecule has 1 aromatic heterocycles. The normalized spacial score (nSPS) is 14.7. The van der Waals surface area contributed by atoms with E-state index in [0.29, 0.717) is 22.5 Å². The molecule has 1 saturated carbocycles. The third kappa shape index (κ3) is 4.22. The molecule has 1 atom stereocenters. The van der Waals surface area contributed by atoms with Crippen LogP contribution < -0.4 is 10.9 Å². The van der Waals surface area contributed by atoms with Gasteiger partial charge in [0.15, 0.2) is 5.16 Å². The second-order valence-corrected chi connectivity index (χ2v) is 8.54. The van der Waals surface area contributed by atoms with Crippen LogP contribution in [0.1, 0.15) is 44.7 Å². The summed E-state index contributed by atoms with van der Waals surface area (Å²) in [5.74, 6) is -0.0634. The highest BCUT2D eigenvalue weighted by atomic mass is 32.2. The molecule has 3 aromatic rings. The predicted molar refractivity (Wildman–Crippen MR) is 119 cm³/mol. The van der Waals surface area contributed by atoms with E-state index in [0.717, 1.165) is 24.9 Å². The smallest absolute Gasteiger partial charge is 0.262 e. The van der Waals surface area contributed by atoms with Gasteiger partial charge in [-0.1, -0.05) is 49.9 Å². The van der Waals surface area contributed by atoms with Crippen molar-refractivity contribution < 1.29 is 4.79 Å². The Balaban J connectivity index is 1.60. The minimum atomic E-state index is -0.320. The topological polar surface area (TPSA) is 64.0 Å². The molecule has 4 rings (SSSR count). The van der Waals surface area contributed by atoms with Crippen LogP contribution in [0.5, 0.6) is 0 Å². The molecule has 150 valence electrons. The van der Waals surface area contributed by atoms with Gasteiger partial charge < -0.3 is 5.32 Å². The highest BCUT2D eigenvalue weighted by molar-refractivity contribution is 8.00. The van der Waals surface area contributed by atoms with Gasteiger partial charge in [0, 0.05) is 11.7 Å². The van der Waals surface area contributed by atoms with Crippen LogP contribution in [-0.4, -0.2) is 20.7 Å². The molecule has 1 heterocycles. The van der Waals surface area contributed by atoms with Crippen molar-refractivity contribution in [2.45, 2.75) is 56.0 Å². The molecule has 1 fully saturated rings. The van der Waals surface area contributed by atoms with Crippen molar-refractivity contribution in [2.24, 2.45) is 0 Å². The molecular weight excluding hydrogens is 382 g/mol. The number of fused-ring (bicyclic) bond motifs is 1. The lowest BCUT2D eigenvalue weighted by atomic mass is 10.1. The zero-order valence-electron chi connectivity index (χ0n) is 16.7. The lowest BCUT2D eigenvalue weighted by molar-refractivity contribution is -0.115. The van der Waals surface area contributed by atoms with E-state index in [4.69, 9.17) is 4.98 Å². The Morgan fingerprint density at radius 2 is 1.90 bits per heavy atom. The van der Waals surface area contributed by atoms with Crippen LogP contribution in [0.2, 0.25) is 0 Å². The van der Waals surface area contributed by atoms with E-state index in [-0.39, 0.29) is 22.8 Å². The van der Waals surface area contributed by atoms with E-state index in [1.54, 1.807) is 4.57 Å². The molecule has 1 aliphatic rings. The standard InChI is InChI=1S/C23H25N3O2S/c1-3-15-9-11-16(12-10-15)24-21(27)20(4-2)29-23-25-19-8-6-5-7-18(19)22(28)26(23)17-13-14-17/h5-12,17,20H,3-4,13-14H2,1-2H3,(H,24,27)/t20-/m0/s1. The van der Waals surface area contributed by atoms with Crippen LogP contribution in [-0.2, 0) is 11.2 Å². The van der Waals surface area contributed by atoms with Gasteiger partial charge in [-0.05, 0) is 55.5 Å². The van der Waals surface area contributed by atoms with Crippen LogP contribution in [0.3, 0.4) is 0 Å². The van der Waals surface area contributed by atoms with E-state index in [1.165, 1.54) is 17.3 Å². The Morgan fingerprint density at radius 3 is 2.55 bits per heavy atom. The lowest BCUT2D eigenvalue weighted by Gasteiger charge is -2.18. The number of nitrogens with one attached hydrogen (secondary N) is 1. The van der Waals surface area contributed by atoms with Crippen LogP contribution >= 0.6 is 11.8 Å². The summed E-state index contributed by atoms with van der Waals surface area (Å²) in [6, 6.07) is 15.5. The number of rotatable bonds is 7. The van der Waals surface area contributed by atoms with Gasteiger partial charge in [-0.25, -0.2) is 4.98 Å². The lowest BCUT2D eigenvalue weighted by Crippen LogP contribution is -2.28. The minimum Gasteiger partial charge on any atom is -0.325 e. The van der Waals surface area contributed by atoms with Crippen LogP contribution in [0, 0.1) is 0 Å². The van der Waals surface area contributed by atoms with E-state index >= 15 is 0 Å². The van der Waals surface area contributed by atoms with Crippen molar-refractivity contribution in [1.29, 1.82) is 0 Å². The fourth-order valence-corrected chi connectivity index (χ4v) is 4.44. The first kappa shape index (κ1) is 19.7. The molecule has 0 aliphatic heterocycles. The second kappa shape index (κ2) is 8.41. The van der Waals surface area contributed by atoms with Gasteiger partial charge in [0.25, 0.3) is 5.56 Å². The largest absolute Gasteiger partial charge is 0.325 e. The number of para-hydroxylation sites is 1. The predicted octanol–water partition coefficient (Wildman–Crippen LogP) is 4.80. The van der Waals surface area contributed by atoms with Crippen LogP contribution in [0.15, 0.2) is 58.5 Å². The first-order chi connectivity index (χ1) is 14.1. The molecule has 1 N–H and O–H groups in total. The number of nitrogens with zero attached hydrogens (tertiary/aromatic N) is 2. The van der Waals surface area contributed by atoms with E-state index in [9.17, 15) is 9.59 Å². The number of aryl methyl sites for hydroxylation is 1. The Labute approximate surface area is 174 Å². The number of hydrogen-bond acceptors (Lipinski definition) is 4. The highest BCUT2D eigenvalue weighted by Crippen LogP contribution is 2.38. The Morgan fingerprint density at radius 1 is 1.17 bits per heavy atom. The van der Waals surface area contributed by atoms with Gasteiger partial charge in [0.1, 0.15) is 0 Å². The first-order valence-corrected chi connectivity index (χ1v) is 11.1. The third-order valence-electron chi connectivity index (χ3n) is 5.23. The number of thioether (sulfide) groups is 1.